The third-order valence-electron chi connectivity index (χ3n) is 1.52. The van der Waals surface area contributed by atoms with E-state index in [1.54, 1.807) is 13.8 Å². The molecule has 8 nitrogen and oxygen atoms in total. The van der Waals surface area contributed by atoms with Gasteiger partial charge in [0, 0.05) is 6.07 Å². The Kier molecular flexibility index (Phi) is 4.25. The SMILES string of the molecule is CCOc1cc(N[N+](=O)O)nnc1OCC. The van der Waals surface area contributed by atoms with Crippen molar-refractivity contribution in [3.63, 3.8) is 0 Å². The lowest BCUT2D eigenvalue weighted by molar-refractivity contribution is -0.770. The van der Waals surface area contributed by atoms with Crippen molar-refractivity contribution >= 4 is 5.82 Å². The van der Waals surface area contributed by atoms with Gasteiger partial charge in [-0.3, -0.25) is 0 Å². The highest BCUT2D eigenvalue weighted by atomic mass is 16.7. The van der Waals surface area contributed by atoms with E-state index in [0.717, 1.165) is 0 Å². The molecule has 0 aromatic carbocycles. The quantitative estimate of drug-likeness (QED) is 0.695. The second kappa shape index (κ2) is 5.69. The van der Waals surface area contributed by atoms with E-state index in [2.05, 4.69) is 10.2 Å². The molecule has 0 bridgehead atoms. The number of nitrogens with zero attached hydrogens (tertiary/aromatic N) is 3. The topological polar surface area (TPSA) is 96.6 Å². The zero-order valence-corrected chi connectivity index (χ0v) is 9.01. The van der Waals surface area contributed by atoms with E-state index in [1.165, 1.54) is 6.07 Å². The summed E-state index contributed by atoms with van der Waals surface area (Å²) in [4.78, 5) is 10.3. The Morgan fingerprint density at radius 3 is 2.62 bits per heavy atom. The van der Waals surface area contributed by atoms with Gasteiger partial charge in [0.2, 0.25) is 5.82 Å². The number of hydrazine groups is 1. The molecule has 1 rings (SSSR count). The Morgan fingerprint density at radius 1 is 1.38 bits per heavy atom. The summed E-state index contributed by atoms with van der Waals surface area (Å²) in [5, 5.41) is 15.3. The molecular formula is C8H13N4O4+. The molecule has 1 aromatic rings. The molecule has 0 unspecified atom stereocenters. The molecule has 0 atom stereocenters. The third-order valence-corrected chi connectivity index (χ3v) is 1.52. The van der Waals surface area contributed by atoms with Crippen LogP contribution in [0.4, 0.5) is 5.82 Å². The zero-order valence-electron chi connectivity index (χ0n) is 9.01. The minimum atomic E-state index is -0.472. The van der Waals surface area contributed by atoms with Crippen LogP contribution in [0.3, 0.4) is 0 Å². The van der Waals surface area contributed by atoms with Crippen LogP contribution in [0.25, 0.3) is 0 Å². The van der Waals surface area contributed by atoms with Gasteiger partial charge in [-0.05, 0) is 19.3 Å². The maximum absolute atomic E-state index is 10.3. The van der Waals surface area contributed by atoms with Crippen molar-refractivity contribution in [2.75, 3.05) is 18.6 Å². The van der Waals surface area contributed by atoms with Crippen LogP contribution in [-0.2, 0) is 0 Å². The highest BCUT2D eigenvalue weighted by Crippen LogP contribution is 2.25. The molecule has 1 aromatic heterocycles. The molecular weight excluding hydrogens is 216 g/mol. The normalized spacial score (nSPS) is 9.62. The van der Waals surface area contributed by atoms with E-state index in [4.69, 9.17) is 14.7 Å². The highest BCUT2D eigenvalue weighted by molar-refractivity contribution is 5.43. The van der Waals surface area contributed by atoms with Gasteiger partial charge in [0.1, 0.15) is 4.91 Å². The summed E-state index contributed by atoms with van der Waals surface area (Å²) in [6.45, 7) is 4.45. The number of hydrogen-bond donors (Lipinski definition) is 2. The van der Waals surface area contributed by atoms with E-state index >= 15 is 0 Å². The first-order chi connectivity index (χ1) is 7.67. The maximum Gasteiger partial charge on any atom is 0.361 e. The van der Waals surface area contributed by atoms with Gasteiger partial charge < -0.3 is 9.47 Å². The van der Waals surface area contributed by atoms with Crippen LogP contribution in [0.15, 0.2) is 6.07 Å². The summed E-state index contributed by atoms with van der Waals surface area (Å²) >= 11 is 0. The number of rotatable bonds is 6. The van der Waals surface area contributed by atoms with Crippen LogP contribution >= 0.6 is 0 Å². The van der Waals surface area contributed by atoms with Crippen LogP contribution < -0.4 is 14.9 Å². The minimum absolute atomic E-state index is 0.0596. The number of nitrogens with one attached hydrogen (secondary N) is 1. The van der Waals surface area contributed by atoms with Crippen LogP contribution in [0.1, 0.15) is 13.8 Å². The van der Waals surface area contributed by atoms with Gasteiger partial charge in [-0.15, -0.1) is 10.2 Å². The van der Waals surface area contributed by atoms with Crippen LogP contribution in [0.5, 0.6) is 11.6 Å². The Hall–Kier alpha value is -2.12. The van der Waals surface area contributed by atoms with Crippen molar-refractivity contribution in [2.24, 2.45) is 0 Å². The third kappa shape index (κ3) is 3.23. The van der Waals surface area contributed by atoms with Crippen molar-refractivity contribution in [3.8, 4) is 11.6 Å². The molecule has 0 spiro atoms. The molecule has 88 valence electrons. The van der Waals surface area contributed by atoms with Crippen molar-refractivity contribution in [3.05, 3.63) is 11.0 Å². The smallest absolute Gasteiger partial charge is 0.361 e. The predicted octanol–water partition coefficient (Wildman–Crippen LogP) is 0.769. The van der Waals surface area contributed by atoms with Crippen molar-refractivity contribution in [2.45, 2.75) is 13.8 Å². The summed E-state index contributed by atoms with van der Waals surface area (Å²) in [5.74, 6) is 0.651. The number of anilines is 1. The predicted molar refractivity (Wildman–Crippen MR) is 53.4 cm³/mol. The average molecular weight is 229 g/mol. The molecule has 8 heteroatoms. The van der Waals surface area contributed by atoms with Crippen molar-refractivity contribution in [1.82, 2.24) is 10.2 Å². The van der Waals surface area contributed by atoms with Gasteiger partial charge in [-0.1, -0.05) is 0 Å². The molecule has 2 N–H and O–H groups in total. The van der Waals surface area contributed by atoms with Gasteiger partial charge >= 0.3 is 5.03 Å². The Bertz CT molecular complexity index is 371. The minimum Gasteiger partial charge on any atom is -0.488 e. The van der Waals surface area contributed by atoms with Gasteiger partial charge in [0.25, 0.3) is 5.88 Å². The molecule has 0 aliphatic carbocycles. The maximum atomic E-state index is 10.3. The zero-order chi connectivity index (χ0) is 12.0. The Balaban J connectivity index is 2.92. The lowest BCUT2D eigenvalue weighted by atomic mass is 10.4. The summed E-state index contributed by atoms with van der Waals surface area (Å²) in [6.07, 6.45) is 0. The molecule has 0 radical (unpaired) electrons. The molecule has 0 aliphatic rings. The molecule has 0 saturated carbocycles. The fourth-order valence-corrected chi connectivity index (χ4v) is 1.01. The van der Waals surface area contributed by atoms with Gasteiger partial charge in [-0.25, -0.2) is 5.21 Å². The first kappa shape index (κ1) is 12.0. The summed E-state index contributed by atoms with van der Waals surface area (Å²) < 4.78 is 10.4. The first-order valence-corrected chi connectivity index (χ1v) is 4.73. The van der Waals surface area contributed by atoms with E-state index < -0.39 is 5.03 Å². The lowest BCUT2D eigenvalue weighted by Gasteiger charge is -2.08. The van der Waals surface area contributed by atoms with E-state index in [-0.39, 0.29) is 11.7 Å². The fourth-order valence-electron chi connectivity index (χ4n) is 1.01. The summed E-state index contributed by atoms with van der Waals surface area (Å²) in [7, 11) is 0. The van der Waals surface area contributed by atoms with Gasteiger partial charge in [0.05, 0.1) is 13.2 Å². The van der Waals surface area contributed by atoms with Crippen LogP contribution in [-0.4, -0.2) is 33.7 Å². The lowest BCUT2D eigenvalue weighted by Crippen LogP contribution is -2.13. The molecule has 0 saturated heterocycles. The highest BCUT2D eigenvalue weighted by Gasteiger charge is 2.13. The Labute approximate surface area is 91.7 Å². The molecule has 0 amide bonds. The Morgan fingerprint density at radius 2 is 2.06 bits per heavy atom. The first-order valence-electron chi connectivity index (χ1n) is 4.73. The van der Waals surface area contributed by atoms with Gasteiger partial charge in [-0.2, -0.15) is 0 Å². The summed E-state index contributed by atoms with van der Waals surface area (Å²) in [5.41, 5.74) is 2.00. The van der Waals surface area contributed by atoms with Crippen LogP contribution in [0.2, 0.25) is 0 Å². The summed E-state index contributed by atoms with van der Waals surface area (Å²) in [6, 6.07) is 1.41. The monoisotopic (exact) mass is 229 g/mol. The van der Waals surface area contributed by atoms with Crippen molar-refractivity contribution < 1.29 is 19.7 Å². The molecule has 0 fully saturated rings. The standard InChI is InChI=1S/C8H13N4O4/c1-3-15-6-5-7(11-12(13)14)9-10-8(6)16-4-2/h5H,3-4H2,1-2H3,(H,9,11)(H,13,14)/q+1. The molecule has 0 aliphatic heterocycles. The number of ether oxygens (including phenoxy) is 2. The molecule has 16 heavy (non-hydrogen) atoms. The number of aromatic nitrogens is 2. The van der Waals surface area contributed by atoms with E-state index in [0.29, 0.717) is 19.0 Å². The average Bonchev–Trinajstić information content (AvgIpc) is 2.21. The number of hydrogen-bond acceptors (Lipinski definition) is 5. The van der Waals surface area contributed by atoms with Crippen LogP contribution in [0, 0.1) is 4.91 Å². The largest absolute Gasteiger partial charge is 0.488 e. The second-order valence-electron chi connectivity index (χ2n) is 2.65. The van der Waals surface area contributed by atoms with E-state index in [9.17, 15) is 4.91 Å². The molecule has 1 heterocycles. The van der Waals surface area contributed by atoms with E-state index in [1.807, 2.05) is 5.43 Å². The second-order valence-corrected chi connectivity index (χ2v) is 2.65. The van der Waals surface area contributed by atoms with Gasteiger partial charge in [0.15, 0.2) is 5.75 Å². The fraction of sp³-hybridized carbons (Fsp3) is 0.500. The van der Waals surface area contributed by atoms with Crippen molar-refractivity contribution in [1.29, 1.82) is 0 Å².